The summed E-state index contributed by atoms with van der Waals surface area (Å²) < 4.78 is 0. The number of benzene rings is 2. The van der Waals surface area contributed by atoms with E-state index in [0.29, 0.717) is 28.7 Å². The van der Waals surface area contributed by atoms with Gasteiger partial charge >= 0.3 is 0 Å². The Balaban J connectivity index is 1.88. The standard InChI is InChI=1S/C20H23Cl2N3O2/c1-13(17-9-8-16(21)10-18(17)22)24-19(26)12-25(3)11-14-4-6-15(7-5-14)20(27)23-2/h4-10,13H,11-12H2,1-3H3,(H,23,27)(H,24,26)/p+1/t13-/m1/s1. The number of rotatable bonds is 7. The van der Waals surface area contributed by atoms with Crippen molar-refractivity contribution in [2.24, 2.45) is 0 Å². The topological polar surface area (TPSA) is 62.6 Å². The van der Waals surface area contributed by atoms with Gasteiger partial charge in [-0.15, -0.1) is 0 Å². The van der Waals surface area contributed by atoms with Gasteiger partial charge in [-0.05, 0) is 36.8 Å². The van der Waals surface area contributed by atoms with Crippen LogP contribution in [0.1, 0.15) is 34.5 Å². The Kier molecular flexibility index (Phi) is 7.66. The molecule has 0 fully saturated rings. The molecule has 0 aromatic heterocycles. The number of carbonyl (C=O) groups excluding carboxylic acids is 2. The molecule has 144 valence electrons. The van der Waals surface area contributed by atoms with E-state index in [-0.39, 0.29) is 17.9 Å². The van der Waals surface area contributed by atoms with Crippen molar-refractivity contribution >= 4 is 35.0 Å². The third-order valence-corrected chi connectivity index (χ3v) is 4.78. The van der Waals surface area contributed by atoms with Gasteiger partial charge in [-0.2, -0.15) is 0 Å². The van der Waals surface area contributed by atoms with Gasteiger partial charge in [0.1, 0.15) is 6.54 Å². The first-order valence-electron chi connectivity index (χ1n) is 8.66. The highest BCUT2D eigenvalue weighted by molar-refractivity contribution is 6.35. The predicted octanol–water partition coefficient (Wildman–Crippen LogP) is 2.25. The molecule has 7 heteroatoms. The summed E-state index contributed by atoms with van der Waals surface area (Å²) in [4.78, 5) is 24.9. The lowest BCUT2D eigenvalue weighted by Crippen LogP contribution is -3.08. The van der Waals surface area contributed by atoms with Crippen LogP contribution < -0.4 is 15.5 Å². The second-order valence-corrected chi connectivity index (χ2v) is 7.39. The van der Waals surface area contributed by atoms with Gasteiger partial charge in [-0.25, -0.2) is 0 Å². The van der Waals surface area contributed by atoms with Crippen molar-refractivity contribution in [3.63, 3.8) is 0 Å². The van der Waals surface area contributed by atoms with Crippen molar-refractivity contribution in [1.82, 2.24) is 10.6 Å². The summed E-state index contributed by atoms with van der Waals surface area (Å²) >= 11 is 12.1. The first kappa shape index (κ1) is 21.2. The molecule has 27 heavy (non-hydrogen) atoms. The molecule has 2 amide bonds. The molecule has 2 atom stereocenters. The van der Waals surface area contributed by atoms with Gasteiger partial charge in [0.15, 0.2) is 6.54 Å². The summed E-state index contributed by atoms with van der Waals surface area (Å²) in [6, 6.07) is 12.4. The van der Waals surface area contributed by atoms with Crippen molar-refractivity contribution in [2.45, 2.75) is 19.5 Å². The number of amides is 2. The van der Waals surface area contributed by atoms with Gasteiger partial charge in [0.2, 0.25) is 0 Å². The first-order valence-corrected chi connectivity index (χ1v) is 9.42. The molecule has 0 radical (unpaired) electrons. The first-order chi connectivity index (χ1) is 12.8. The van der Waals surface area contributed by atoms with Crippen LogP contribution in [0.2, 0.25) is 10.0 Å². The SMILES string of the molecule is CNC(=O)c1ccc(C[NH+](C)CC(=O)N[C@H](C)c2ccc(Cl)cc2Cl)cc1. The number of likely N-dealkylation sites (N-methyl/N-ethyl adjacent to an activating group) is 1. The van der Waals surface area contributed by atoms with Gasteiger partial charge in [0.25, 0.3) is 11.8 Å². The van der Waals surface area contributed by atoms with Crippen LogP contribution in [0.15, 0.2) is 42.5 Å². The Labute approximate surface area is 169 Å². The number of hydrogen-bond donors (Lipinski definition) is 3. The Morgan fingerprint density at radius 2 is 1.78 bits per heavy atom. The van der Waals surface area contributed by atoms with E-state index < -0.39 is 0 Å². The van der Waals surface area contributed by atoms with Crippen molar-refractivity contribution < 1.29 is 14.5 Å². The van der Waals surface area contributed by atoms with Crippen molar-refractivity contribution in [3.05, 3.63) is 69.2 Å². The zero-order chi connectivity index (χ0) is 20.0. The Hall–Kier alpha value is -2.08. The normalized spacial score (nSPS) is 12.9. The number of carbonyl (C=O) groups is 2. The summed E-state index contributed by atoms with van der Waals surface area (Å²) in [5.41, 5.74) is 2.50. The van der Waals surface area contributed by atoms with Crippen LogP contribution in [0.4, 0.5) is 0 Å². The summed E-state index contributed by atoms with van der Waals surface area (Å²) in [5.74, 6) is -0.176. The predicted molar refractivity (Wildman–Crippen MR) is 108 cm³/mol. The molecule has 2 rings (SSSR count). The van der Waals surface area contributed by atoms with Gasteiger partial charge in [-0.1, -0.05) is 41.4 Å². The Morgan fingerprint density at radius 3 is 2.37 bits per heavy atom. The quantitative estimate of drug-likeness (QED) is 0.657. The smallest absolute Gasteiger partial charge is 0.275 e. The maximum absolute atomic E-state index is 12.3. The fourth-order valence-electron chi connectivity index (χ4n) is 2.83. The molecule has 0 aliphatic carbocycles. The van der Waals surface area contributed by atoms with Crippen LogP contribution in [0.25, 0.3) is 0 Å². The summed E-state index contributed by atoms with van der Waals surface area (Å²) in [5, 5.41) is 6.66. The van der Waals surface area contributed by atoms with Crippen LogP contribution in [-0.4, -0.2) is 32.5 Å². The monoisotopic (exact) mass is 408 g/mol. The lowest BCUT2D eigenvalue weighted by atomic mass is 10.1. The average molecular weight is 409 g/mol. The Bertz CT molecular complexity index is 809. The van der Waals surface area contributed by atoms with Gasteiger partial charge in [-0.3, -0.25) is 9.59 Å². The molecule has 0 bridgehead atoms. The molecule has 0 aliphatic heterocycles. The average Bonchev–Trinajstić information content (AvgIpc) is 2.61. The summed E-state index contributed by atoms with van der Waals surface area (Å²) in [7, 11) is 3.55. The van der Waals surface area contributed by atoms with Crippen LogP contribution in [0.5, 0.6) is 0 Å². The highest BCUT2D eigenvalue weighted by Gasteiger charge is 2.16. The van der Waals surface area contributed by atoms with Crippen LogP contribution >= 0.6 is 23.2 Å². The van der Waals surface area contributed by atoms with E-state index in [1.165, 1.54) is 0 Å². The highest BCUT2D eigenvalue weighted by atomic mass is 35.5. The van der Waals surface area contributed by atoms with E-state index in [0.717, 1.165) is 16.0 Å². The lowest BCUT2D eigenvalue weighted by molar-refractivity contribution is -0.885. The molecule has 2 aromatic rings. The van der Waals surface area contributed by atoms with E-state index in [9.17, 15) is 9.59 Å². The van der Waals surface area contributed by atoms with Crippen molar-refractivity contribution in [2.75, 3.05) is 20.6 Å². The molecule has 0 aliphatic rings. The van der Waals surface area contributed by atoms with E-state index in [2.05, 4.69) is 10.6 Å². The molecule has 3 N–H and O–H groups in total. The lowest BCUT2D eigenvalue weighted by Gasteiger charge is -2.18. The Morgan fingerprint density at radius 1 is 1.11 bits per heavy atom. The van der Waals surface area contributed by atoms with Crippen molar-refractivity contribution in [1.29, 1.82) is 0 Å². The minimum Gasteiger partial charge on any atom is -0.355 e. The van der Waals surface area contributed by atoms with Crippen LogP contribution in [0, 0.1) is 0 Å². The molecule has 0 saturated carbocycles. The zero-order valence-corrected chi connectivity index (χ0v) is 17.1. The van der Waals surface area contributed by atoms with Crippen LogP contribution in [0.3, 0.4) is 0 Å². The third-order valence-electron chi connectivity index (χ3n) is 4.22. The van der Waals surface area contributed by atoms with E-state index in [1.54, 1.807) is 31.3 Å². The van der Waals surface area contributed by atoms with Gasteiger partial charge in [0, 0.05) is 28.2 Å². The van der Waals surface area contributed by atoms with Gasteiger partial charge < -0.3 is 15.5 Å². The fraction of sp³-hybridized carbons (Fsp3) is 0.300. The largest absolute Gasteiger partial charge is 0.355 e. The van der Waals surface area contributed by atoms with Crippen molar-refractivity contribution in [3.8, 4) is 0 Å². The van der Waals surface area contributed by atoms with Crippen LogP contribution in [-0.2, 0) is 11.3 Å². The van der Waals surface area contributed by atoms with Gasteiger partial charge in [0.05, 0.1) is 13.1 Å². The maximum Gasteiger partial charge on any atom is 0.275 e. The summed E-state index contributed by atoms with van der Waals surface area (Å²) in [6.45, 7) is 2.89. The molecule has 5 nitrogen and oxygen atoms in total. The minimum atomic E-state index is -0.207. The van der Waals surface area contributed by atoms with E-state index >= 15 is 0 Å². The second kappa shape index (κ2) is 9.74. The number of quaternary nitrogens is 1. The molecule has 0 spiro atoms. The molecule has 0 saturated heterocycles. The maximum atomic E-state index is 12.3. The molecule has 1 unspecified atom stereocenters. The third kappa shape index (κ3) is 6.24. The minimum absolute atomic E-state index is 0.0620. The molecular formula is C20H24Cl2N3O2+. The second-order valence-electron chi connectivity index (χ2n) is 6.54. The number of hydrogen-bond acceptors (Lipinski definition) is 2. The fourth-order valence-corrected chi connectivity index (χ4v) is 3.40. The van der Waals surface area contributed by atoms with E-state index in [4.69, 9.17) is 23.2 Å². The number of halogens is 2. The molecule has 2 aromatic carbocycles. The molecular weight excluding hydrogens is 385 g/mol. The molecule has 0 heterocycles. The summed E-state index contributed by atoms with van der Waals surface area (Å²) in [6.07, 6.45) is 0. The van der Waals surface area contributed by atoms with E-state index in [1.807, 2.05) is 32.2 Å². The number of nitrogens with one attached hydrogen (secondary N) is 3. The highest BCUT2D eigenvalue weighted by Crippen LogP contribution is 2.25. The zero-order valence-electron chi connectivity index (χ0n) is 15.6.